The first-order valence-corrected chi connectivity index (χ1v) is 5.58. The van der Waals surface area contributed by atoms with Crippen LogP contribution in [0.25, 0.3) is 0 Å². The average Bonchev–Trinajstić information content (AvgIpc) is 3.13. The van der Waals surface area contributed by atoms with Crippen LogP contribution in [0.4, 0.5) is 4.39 Å². The fourth-order valence-corrected chi connectivity index (χ4v) is 1.58. The largest absolute Gasteiger partial charge is 0.505 e. The molecule has 2 rings (SSSR count). The fourth-order valence-electron chi connectivity index (χ4n) is 1.58. The number of aliphatic imine (C=N–C) groups is 1. The van der Waals surface area contributed by atoms with Crippen molar-refractivity contribution in [3.63, 3.8) is 0 Å². The summed E-state index contributed by atoms with van der Waals surface area (Å²) in [6.45, 7) is 0.320. The van der Waals surface area contributed by atoms with Crippen molar-refractivity contribution in [1.82, 2.24) is 4.90 Å². The van der Waals surface area contributed by atoms with E-state index < -0.39 is 5.82 Å². The first-order chi connectivity index (χ1) is 8.08. The molecule has 3 N–H and O–H groups in total. The molecule has 0 bridgehead atoms. The van der Waals surface area contributed by atoms with Gasteiger partial charge in [-0.05, 0) is 30.5 Å². The van der Waals surface area contributed by atoms with Crippen LogP contribution in [0.2, 0.25) is 0 Å². The number of aromatic hydroxyl groups is 1. The van der Waals surface area contributed by atoms with Crippen molar-refractivity contribution in [2.24, 2.45) is 10.7 Å². The maximum absolute atomic E-state index is 13.1. The lowest BCUT2D eigenvalue weighted by molar-refractivity contribution is 0.432. The lowest BCUT2D eigenvalue weighted by Crippen LogP contribution is -2.35. The van der Waals surface area contributed by atoms with Crippen LogP contribution < -0.4 is 5.73 Å². The zero-order valence-electron chi connectivity index (χ0n) is 9.73. The lowest BCUT2D eigenvalue weighted by atomic mass is 10.2. The Morgan fingerprint density at radius 3 is 2.88 bits per heavy atom. The topological polar surface area (TPSA) is 61.8 Å². The van der Waals surface area contributed by atoms with Gasteiger partial charge in [0.15, 0.2) is 17.5 Å². The van der Waals surface area contributed by atoms with Crippen LogP contribution >= 0.6 is 0 Å². The number of nitrogens with two attached hydrogens (primary N) is 1. The van der Waals surface area contributed by atoms with Crippen LogP contribution in [0.1, 0.15) is 18.4 Å². The number of phenolic OH excluding ortho intramolecular Hbond substituents is 1. The Morgan fingerprint density at radius 1 is 1.59 bits per heavy atom. The Kier molecular flexibility index (Phi) is 3.17. The second kappa shape index (κ2) is 4.61. The smallest absolute Gasteiger partial charge is 0.191 e. The highest BCUT2D eigenvalue weighted by Crippen LogP contribution is 2.25. The molecule has 0 spiro atoms. The molecular weight excluding hydrogens is 221 g/mol. The van der Waals surface area contributed by atoms with E-state index in [2.05, 4.69) is 4.99 Å². The summed E-state index contributed by atoms with van der Waals surface area (Å²) in [6, 6.07) is 4.73. The number of nitrogens with zero attached hydrogens (tertiary/aromatic N) is 2. The SMILES string of the molecule is CN(C(N)=NCc1ccc(O)c(F)c1)C1CC1. The average molecular weight is 237 g/mol. The molecule has 17 heavy (non-hydrogen) atoms. The number of hydrogen-bond acceptors (Lipinski definition) is 2. The Bertz CT molecular complexity index is 443. The predicted molar refractivity (Wildman–Crippen MR) is 64.2 cm³/mol. The van der Waals surface area contributed by atoms with E-state index >= 15 is 0 Å². The van der Waals surface area contributed by atoms with Crippen molar-refractivity contribution < 1.29 is 9.50 Å². The Morgan fingerprint density at radius 2 is 2.29 bits per heavy atom. The molecule has 0 unspecified atom stereocenters. The normalized spacial score (nSPS) is 16.0. The molecule has 92 valence electrons. The van der Waals surface area contributed by atoms with Crippen molar-refractivity contribution in [3.8, 4) is 5.75 Å². The van der Waals surface area contributed by atoms with E-state index in [0.29, 0.717) is 24.1 Å². The van der Waals surface area contributed by atoms with Crippen molar-refractivity contribution >= 4 is 5.96 Å². The van der Waals surface area contributed by atoms with Gasteiger partial charge in [-0.1, -0.05) is 6.07 Å². The molecule has 0 amide bonds. The summed E-state index contributed by atoms with van der Waals surface area (Å²) in [7, 11) is 1.91. The van der Waals surface area contributed by atoms with E-state index in [0.717, 1.165) is 12.8 Å². The van der Waals surface area contributed by atoms with Gasteiger partial charge in [-0.2, -0.15) is 0 Å². The molecule has 0 atom stereocenters. The molecule has 0 radical (unpaired) electrons. The molecule has 0 aromatic heterocycles. The quantitative estimate of drug-likeness (QED) is 0.617. The van der Waals surface area contributed by atoms with Gasteiger partial charge in [0.1, 0.15) is 0 Å². The summed E-state index contributed by atoms with van der Waals surface area (Å²) in [4.78, 5) is 6.14. The highest BCUT2D eigenvalue weighted by Gasteiger charge is 2.27. The van der Waals surface area contributed by atoms with Gasteiger partial charge in [-0.3, -0.25) is 0 Å². The third-order valence-electron chi connectivity index (χ3n) is 2.89. The molecule has 0 saturated heterocycles. The number of rotatable bonds is 3. The lowest BCUT2D eigenvalue weighted by Gasteiger charge is -2.16. The van der Waals surface area contributed by atoms with Crippen LogP contribution in [-0.2, 0) is 6.54 Å². The standard InChI is InChI=1S/C12H16FN3O/c1-16(9-3-4-9)12(14)15-7-8-2-5-11(17)10(13)6-8/h2,5-6,9,17H,3-4,7H2,1H3,(H2,14,15). The summed E-state index contributed by atoms with van der Waals surface area (Å²) in [5.41, 5.74) is 6.49. The van der Waals surface area contributed by atoms with Crippen molar-refractivity contribution in [3.05, 3.63) is 29.6 Å². The first-order valence-electron chi connectivity index (χ1n) is 5.58. The van der Waals surface area contributed by atoms with Gasteiger partial charge in [0.05, 0.1) is 6.54 Å². The summed E-state index contributed by atoms with van der Waals surface area (Å²) in [6.07, 6.45) is 2.31. The van der Waals surface area contributed by atoms with Gasteiger partial charge in [0.2, 0.25) is 0 Å². The molecule has 1 aromatic carbocycles. The van der Waals surface area contributed by atoms with E-state index in [4.69, 9.17) is 10.8 Å². The first kappa shape index (κ1) is 11.7. The number of halogens is 1. The number of hydrogen-bond donors (Lipinski definition) is 2. The van der Waals surface area contributed by atoms with Crippen LogP contribution in [0.5, 0.6) is 5.75 Å². The molecular formula is C12H16FN3O. The van der Waals surface area contributed by atoms with Gasteiger partial charge >= 0.3 is 0 Å². The maximum atomic E-state index is 13.1. The number of guanidine groups is 1. The maximum Gasteiger partial charge on any atom is 0.191 e. The highest BCUT2D eigenvalue weighted by atomic mass is 19.1. The molecule has 1 saturated carbocycles. The number of benzene rings is 1. The van der Waals surface area contributed by atoms with Gasteiger partial charge < -0.3 is 15.7 Å². The molecule has 1 aliphatic carbocycles. The minimum atomic E-state index is -0.633. The molecule has 0 heterocycles. The van der Waals surface area contributed by atoms with Crippen molar-refractivity contribution in [1.29, 1.82) is 0 Å². The monoisotopic (exact) mass is 237 g/mol. The zero-order chi connectivity index (χ0) is 12.4. The summed E-state index contributed by atoms with van der Waals surface area (Å²) >= 11 is 0. The minimum Gasteiger partial charge on any atom is -0.505 e. The molecule has 5 heteroatoms. The minimum absolute atomic E-state index is 0.320. The summed E-state index contributed by atoms with van der Waals surface area (Å²) in [5.74, 6) is -0.506. The van der Waals surface area contributed by atoms with Gasteiger partial charge in [-0.25, -0.2) is 9.38 Å². The molecule has 4 nitrogen and oxygen atoms in total. The van der Waals surface area contributed by atoms with E-state index in [1.807, 2.05) is 11.9 Å². The van der Waals surface area contributed by atoms with E-state index in [9.17, 15) is 4.39 Å². The second-order valence-corrected chi connectivity index (χ2v) is 4.30. The van der Waals surface area contributed by atoms with Crippen molar-refractivity contribution in [2.75, 3.05) is 7.05 Å². The Balaban J connectivity index is 2.00. The molecule has 1 fully saturated rings. The van der Waals surface area contributed by atoms with Crippen LogP contribution in [0.15, 0.2) is 23.2 Å². The van der Waals surface area contributed by atoms with E-state index in [-0.39, 0.29) is 5.75 Å². The predicted octanol–water partition coefficient (Wildman–Crippen LogP) is 1.44. The van der Waals surface area contributed by atoms with Crippen molar-refractivity contribution in [2.45, 2.75) is 25.4 Å². The van der Waals surface area contributed by atoms with Gasteiger partial charge in [0, 0.05) is 13.1 Å². The molecule has 1 aliphatic rings. The summed E-state index contributed by atoms with van der Waals surface area (Å²) < 4.78 is 13.1. The fraction of sp³-hybridized carbons (Fsp3) is 0.417. The zero-order valence-corrected chi connectivity index (χ0v) is 9.73. The molecule has 1 aromatic rings. The van der Waals surface area contributed by atoms with Crippen LogP contribution in [0, 0.1) is 5.82 Å². The van der Waals surface area contributed by atoms with E-state index in [1.54, 1.807) is 6.07 Å². The van der Waals surface area contributed by atoms with Crippen LogP contribution in [-0.4, -0.2) is 29.1 Å². The van der Waals surface area contributed by atoms with Gasteiger partial charge in [0.25, 0.3) is 0 Å². The Labute approximate surface area is 99.6 Å². The summed E-state index contributed by atoms with van der Waals surface area (Å²) in [5, 5.41) is 9.05. The second-order valence-electron chi connectivity index (χ2n) is 4.30. The Hall–Kier alpha value is -1.78. The van der Waals surface area contributed by atoms with E-state index in [1.165, 1.54) is 12.1 Å². The third-order valence-corrected chi connectivity index (χ3v) is 2.89. The third kappa shape index (κ3) is 2.87. The number of phenols is 1. The molecule has 0 aliphatic heterocycles. The highest BCUT2D eigenvalue weighted by molar-refractivity contribution is 5.78. The van der Waals surface area contributed by atoms with Crippen LogP contribution in [0.3, 0.4) is 0 Å². The van der Waals surface area contributed by atoms with Gasteiger partial charge in [-0.15, -0.1) is 0 Å².